The lowest BCUT2D eigenvalue weighted by atomic mass is 9.75. The van der Waals surface area contributed by atoms with Crippen molar-refractivity contribution in [3.8, 4) is 0 Å². The number of halogens is 1. The molecule has 2 fully saturated rings. The van der Waals surface area contributed by atoms with Gasteiger partial charge in [0, 0.05) is 0 Å². The van der Waals surface area contributed by atoms with Crippen LogP contribution < -0.4 is 17.0 Å². The molecular weight excluding hydrogens is 500 g/mol. The minimum atomic E-state index is -0.212. The van der Waals surface area contributed by atoms with Gasteiger partial charge in [-0.1, -0.05) is 66.5 Å². The van der Waals surface area contributed by atoms with Gasteiger partial charge in [0.05, 0.1) is 0 Å². The molecule has 0 N–H and O–H groups in total. The third kappa shape index (κ3) is 7.31. The zero-order chi connectivity index (χ0) is 26.7. The van der Waals surface area contributed by atoms with Crippen molar-refractivity contribution in [2.45, 2.75) is 105 Å². The summed E-state index contributed by atoms with van der Waals surface area (Å²) in [5.74, 6) is 2.55. The number of imidazole rings is 1. The van der Waals surface area contributed by atoms with Crippen molar-refractivity contribution >= 4 is 23.0 Å². The van der Waals surface area contributed by atoms with Gasteiger partial charge in [-0.2, -0.15) is 0 Å². The first kappa shape index (κ1) is 30.5. The number of hydrogen-bond donors (Lipinski definition) is 0. The number of esters is 2. The van der Waals surface area contributed by atoms with E-state index in [4.69, 9.17) is 9.47 Å². The molecule has 6 atom stereocenters. The molecule has 0 saturated heterocycles. The summed E-state index contributed by atoms with van der Waals surface area (Å²) in [6.07, 6.45) is 8.32. The molecule has 0 aliphatic heterocycles. The zero-order valence-corrected chi connectivity index (χ0v) is 24.8. The highest BCUT2D eigenvalue weighted by atomic mass is 35.5. The average Bonchev–Trinajstić information content (AvgIpc) is 3.15. The van der Waals surface area contributed by atoms with Crippen LogP contribution in [0.2, 0.25) is 0 Å². The van der Waals surface area contributed by atoms with Gasteiger partial charge in [-0.05, 0) is 73.3 Å². The van der Waals surface area contributed by atoms with Crippen LogP contribution in [0.25, 0.3) is 11.0 Å². The molecule has 0 radical (unpaired) electrons. The van der Waals surface area contributed by atoms with E-state index in [0.29, 0.717) is 35.5 Å². The summed E-state index contributed by atoms with van der Waals surface area (Å²) >= 11 is 0. The van der Waals surface area contributed by atoms with E-state index in [1.165, 1.54) is 12.8 Å². The molecule has 0 bridgehead atoms. The van der Waals surface area contributed by atoms with Crippen LogP contribution in [0.4, 0.5) is 0 Å². The van der Waals surface area contributed by atoms with Crippen LogP contribution in [-0.2, 0) is 32.2 Å². The molecule has 0 spiro atoms. The van der Waals surface area contributed by atoms with Crippen molar-refractivity contribution in [3.63, 3.8) is 0 Å². The maximum Gasteiger partial charge on any atom is 0.348 e. The van der Waals surface area contributed by atoms with Crippen LogP contribution in [0.1, 0.15) is 80.1 Å². The normalized spacial score (nSPS) is 27.8. The number of nitrogens with zero attached hydrogens (tertiary/aromatic N) is 2. The van der Waals surface area contributed by atoms with Crippen LogP contribution in [-0.4, -0.2) is 28.7 Å². The third-order valence-electron chi connectivity index (χ3n) is 8.87. The van der Waals surface area contributed by atoms with Crippen molar-refractivity contribution in [3.05, 3.63) is 30.6 Å². The average molecular weight is 547 g/mol. The van der Waals surface area contributed by atoms with E-state index in [0.717, 1.165) is 36.7 Å². The molecule has 1 aromatic carbocycles. The maximum absolute atomic E-state index is 13.1. The summed E-state index contributed by atoms with van der Waals surface area (Å²) in [6.45, 7) is 13.6. The largest absolute Gasteiger partial charge is 1.00 e. The molecule has 6 nitrogen and oxygen atoms in total. The van der Waals surface area contributed by atoms with Gasteiger partial charge in [0.15, 0.2) is 24.1 Å². The van der Waals surface area contributed by atoms with Crippen molar-refractivity contribution in [2.24, 2.45) is 35.5 Å². The second-order valence-electron chi connectivity index (χ2n) is 12.6. The molecule has 2 aliphatic carbocycles. The Hall–Kier alpha value is -2.08. The number of aromatic nitrogens is 2. The number of rotatable bonds is 8. The number of carbonyl (C=O) groups is 2. The molecule has 38 heavy (non-hydrogen) atoms. The Kier molecular flexibility index (Phi) is 10.7. The molecule has 6 unspecified atom stereocenters. The summed E-state index contributed by atoms with van der Waals surface area (Å²) in [5, 5.41) is 0. The van der Waals surface area contributed by atoms with Gasteiger partial charge >= 0.3 is 11.9 Å². The van der Waals surface area contributed by atoms with Gasteiger partial charge in [0.25, 0.3) is 0 Å². The van der Waals surface area contributed by atoms with Gasteiger partial charge in [-0.25, -0.2) is 18.7 Å². The Morgan fingerprint density at radius 2 is 1.39 bits per heavy atom. The van der Waals surface area contributed by atoms with E-state index in [1.807, 2.05) is 39.7 Å². The van der Waals surface area contributed by atoms with E-state index in [1.54, 1.807) is 0 Å². The molecule has 0 amide bonds. The van der Waals surface area contributed by atoms with Gasteiger partial charge < -0.3 is 21.9 Å². The number of para-hydroxylation sites is 2. The van der Waals surface area contributed by atoms with Gasteiger partial charge in [0.2, 0.25) is 6.33 Å². The number of carbonyl (C=O) groups excluding carboxylic acids is 2. The van der Waals surface area contributed by atoms with Crippen molar-refractivity contribution in [1.29, 1.82) is 0 Å². The van der Waals surface area contributed by atoms with Crippen LogP contribution >= 0.6 is 0 Å². The van der Waals surface area contributed by atoms with Gasteiger partial charge in [-0.3, -0.25) is 0 Å². The minimum absolute atomic E-state index is 0. The Bertz CT molecular complexity index is 999. The van der Waals surface area contributed by atoms with Gasteiger partial charge in [-0.15, -0.1) is 0 Å². The van der Waals surface area contributed by atoms with Crippen LogP contribution in [0.15, 0.2) is 30.6 Å². The highest BCUT2D eigenvalue weighted by Gasteiger charge is 2.35. The quantitative estimate of drug-likeness (QED) is 0.377. The Labute approximate surface area is 234 Å². The third-order valence-corrected chi connectivity index (χ3v) is 8.87. The molecule has 2 aliphatic rings. The predicted molar refractivity (Wildman–Crippen MR) is 145 cm³/mol. The summed E-state index contributed by atoms with van der Waals surface area (Å²) in [5.41, 5.74) is 1.83. The lowest BCUT2D eigenvalue weighted by Gasteiger charge is -2.36. The van der Waals surface area contributed by atoms with E-state index < -0.39 is 0 Å². The smallest absolute Gasteiger partial charge is 0.348 e. The summed E-state index contributed by atoms with van der Waals surface area (Å²) in [4.78, 5) is 26.2. The van der Waals surface area contributed by atoms with Crippen LogP contribution in [0.3, 0.4) is 0 Å². The van der Waals surface area contributed by atoms with Crippen LogP contribution in [0, 0.1) is 35.5 Å². The highest BCUT2D eigenvalue weighted by molar-refractivity contribution is 5.76. The van der Waals surface area contributed by atoms with Crippen molar-refractivity contribution in [1.82, 2.24) is 4.57 Å². The zero-order valence-electron chi connectivity index (χ0n) is 24.1. The molecule has 2 saturated carbocycles. The second kappa shape index (κ2) is 13.3. The standard InChI is InChI=1S/C31H47N2O4.ClH/c1-20(2)24-13-11-22(5)15-28(24)36-30(34)17-32-19-33(27-10-8-7-9-26(27)32)18-31(35)37-29-16-23(6)12-14-25(29)21(3)4;/h7-10,19-25,28-29H,11-18H2,1-6H3;1H/q+1;/p-1. The molecule has 4 rings (SSSR count). The fraction of sp³-hybridized carbons (Fsp3) is 0.710. The monoisotopic (exact) mass is 546 g/mol. The SMILES string of the molecule is CC1CCC(C(C)C)C(OC(=O)Cn2c[n+](CC(=O)OC3CC(C)CCC3C(C)C)c3ccccc32)C1.[Cl-]. The summed E-state index contributed by atoms with van der Waals surface area (Å²) < 4.78 is 15.9. The van der Waals surface area contributed by atoms with Crippen molar-refractivity contribution < 1.29 is 36.0 Å². The topological polar surface area (TPSA) is 61.4 Å². The molecule has 212 valence electrons. The fourth-order valence-electron chi connectivity index (χ4n) is 6.69. The van der Waals surface area contributed by atoms with E-state index >= 15 is 0 Å². The van der Waals surface area contributed by atoms with Crippen LogP contribution in [0.5, 0.6) is 0 Å². The maximum atomic E-state index is 13.1. The first-order valence-electron chi connectivity index (χ1n) is 14.5. The number of ether oxygens (including phenoxy) is 2. The first-order chi connectivity index (χ1) is 17.6. The first-order valence-corrected chi connectivity index (χ1v) is 14.5. The summed E-state index contributed by atoms with van der Waals surface area (Å²) in [6, 6.07) is 7.89. The minimum Gasteiger partial charge on any atom is -1.00 e. The van der Waals surface area contributed by atoms with E-state index in [9.17, 15) is 9.59 Å². The van der Waals surface area contributed by atoms with E-state index in [2.05, 4.69) is 41.5 Å². The lowest BCUT2D eigenvalue weighted by Crippen LogP contribution is -3.00. The Balaban J connectivity index is 0.00000400. The Morgan fingerprint density at radius 1 is 0.868 bits per heavy atom. The van der Waals surface area contributed by atoms with Crippen molar-refractivity contribution in [2.75, 3.05) is 0 Å². The number of benzene rings is 1. The lowest BCUT2D eigenvalue weighted by molar-refractivity contribution is -0.661. The predicted octanol–water partition coefficient (Wildman–Crippen LogP) is 2.94. The molecule has 1 aromatic heterocycles. The molecule has 1 heterocycles. The number of hydrogen-bond acceptors (Lipinski definition) is 4. The van der Waals surface area contributed by atoms with E-state index in [-0.39, 0.29) is 49.6 Å². The Morgan fingerprint density at radius 3 is 1.95 bits per heavy atom. The molecular formula is C31H47ClN2O4. The number of fused-ring (bicyclic) bond motifs is 1. The fourth-order valence-corrected chi connectivity index (χ4v) is 6.69. The van der Waals surface area contributed by atoms with Gasteiger partial charge in [0.1, 0.15) is 12.2 Å². The molecule has 7 heteroatoms. The molecule has 2 aromatic rings. The second-order valence-corrected chi connectivity index (χ2v) is 12.6. The summed E-state index contributed by atoms with van der Waals surface area (Å²) in [7, 11) is 0. The highest BCUT2D eigenvalue weighted by Crippen LogP contribution is 2.36.